The van der Waals surface area contributed by atoms with Crippen LogP contribution in [-0.4, -0.2) is 21.6 Å². The van der Waals surface area contributed by atoms with Crippen molar-refractivity contribution in [3.05, 3.63) is 81.3 Å². The molecule has 0 saturated carbocycles. The third kappa shape index (κ3) is 3.28. The van der Waals surface area contributed by atoms with Gasteiger partial charge in [0.1, 0.15) is 11.6 Å². The summed E-state index contributed by atoms with van der Waals surface area (Å²) in [6.45, 7) is 1.85. The molecule has 6 nitrogen and oxygen atoms in total. The van der Waals surface area contributed by atoms with E-state index in [2.05, 4.69) is 15.0 Å². The number of aromatic nitrogens is 3. The van der Waals surface area contributed by atoms with E-state index in [0.29, 0.717) is 17.1 Å². The number of benzene rings is 1. The van der Waals surface area contributed by atoms with Crippen LogP contribution < -0.4 is 15.9 Å². The van der Waals surface area contributed by atoms with Gasteiger partial charge in [-0.3, -0.25) is 14.8 Å². The van der Waals surface area contributed by atoms with Crippen LogP contribution in [0.1, 0.15) is 29.4 Å². The summed E-state index contributed by atoms with van der Waals surface area (Å²) in [6.07, 6.45) is 3.20. The van der Waals surface area contributed by atoms with Gasteiger partial charge < -0.3 is 9.30 Å². The Kier molecular flexibility index (Phi) is 4.35. The van der Waals surface area contributed by atoms with Crippen LogP contribution in [0.5, 0.6) is 5.75 Å². The van der Waals surface area contributed by atoms with Crippen molar-refractivity contribution in [3.8, 4) is 5.75 Å². The lowest BCUT2D eigenvalue weighted by Crippen LogP contribution is -2.32. The standard InChI is InChI=1S/C20H19FN4O2/c1-12-17(10-16(27-2)11-22-12)23-20-24-19(26)9-15-7-8-18(25(15)20)13-3-5-14(21)6-4-13/h3-6,9-11,18H,7-8H2,1-2H3,(H,23,24,26). The number of aromatic amines is 1. The van der Waals surface area contributed by atoms with Crippen molar-refractivity contribution in [2.75, 3.05) is 7.11 Å². The molecule has 1 atom stereocenters. The Bertz CT molecular complexity index is 1120. The molecule has 0 radical (unpaired) electrons. The van der Waals surface area contributed by atoms with Crippen LogP contribution in [-0.2, 0) is 6.42 Å². The molecule has 0 fully saturated rings. The third-order valence-electron chi connectivity index (χ3n) is 4.81. The van der Waals surface area contributed by atoms with Crippen molar-refractivity contribution < 1.29 is 9.13 Å². The number of hydrogen-bond acceptors (Lipinski definition) is 4. The van der Waals surface area contributed by atoms with Crippen LogP contribution in [0.15, 0.2) is 52.4 Å². The van der Waals surface area contributed by atoms with Gasteiger partial charge in [0.15, 0.2) is 0 Å². The lowest BCUT2D eigenvalue weighted by atomic mass is 10.0. The van der Waals surface area contributed by atoms with E-state index in [1.54, 1.807) is 37.6 Å². The summed E-state index contributed by atoms with van der Waals surface area (Å²) in [6, 6.07) is 9.81. The quantitative estimate of drug-likeness (QED) is 0.775. The molecular weight excluding hydrogens is 347 g/mol. The van der Waals surface area contributed by atoms with Gasteiger partial charge in [-0.2, -0.15) is 0 Å². The highest BCUT2D eigenvalue weighted by Crippen LogP contribution is 2.29. The van der Waals surface area contributed by atoms with Gasteiger partial charge in [0, 0.05) is 17.8 Å². The molecule has 0 saturated heterocycles. The molecule has 1 unspecified atom stereocenters. The van der Waals surface area contributed by atoms with Gasteiger partial charge in [0.2, 0.25) is 5.62 Å². The molecule has 1 aliphatic heterocycles. The van der Waals surface area contributed by atoms with Gasteiger partial charge in [-0.05, 0) is 37.5 Å². The topological polar surface area (TPSA) is 72.3 Å². The molecular formula is C20H19FN4O2. The van der Waals surface area contributed by atoms with Gasteiger partial charge in [-0.25, -0.2) is 9.38 Å². The number of halogens is 1. The zero-order valence-electron chi connectivity index (χ0n) is 15.1. The number of pyridine rings is 1. The minimum absolute atomic E-state index is 0.0185. The van der Waals surface area contributed by atoms with Gasteiger partial charge in [0.25, 0.3) is 5.56 Å². The SMILES string of the molecule is COc1cnc(C)c(/N=c2\[nH]c(=O)cc3n2C(c2ccc(F)cc2)CC3)c1. The molecule has 3 heterocycles. The zero-order chi connectivity index (χ0) is 19.0. The lowest BCUT2D eigenvalue weighted by molar-refractivity contribution is 0.413. The van der Waals surface area contributed by atoms with E-state index in [1.807, 2.05) is 11.5 Å². The summed E-state index contributed by atoms with van der Waals surface area (Å²) in [7, 11) is 1.57. The number of methoxy groups -OCH3 is 1. The molecule has 2 aromatic heterocycles. The van der Waals surface area contributed by atoms with E-state index in [0.717, 1.165) is 29.8 Å². The average Bonchev–Trinajstić information content (AvgIpc) is 3.08. The van der Waals surface area contributed by atoms with Gasteiger partial charge in [0.05, 0.1) is 30.7 Å². The molecule has 138 valence electrons. The molecule has 0 spiro atoms. The van der Waals surface area contributed by atoms with Crippen molar-refractivity contribution in [1.29, 1.82) is 0 Å². The van der Waals surface area contributed by atoms with Crippen molar-refractivity contribution in [2.45, 2.75) is 25.8 Å². The predicted octanol–water partition coefficient (Wildman–Crippen LogP) is 2.80. The molecule has 3 aromatic rings. The van der Waals surface area contributed by atoms with Gasteiger partial charge in [-0.1, -0.05) is 12.1 Å². The Hall–Kier alpha value is -3.22. The maximum absolute atomic E-state index is 13.3. The molecule has 27 heavy (non-hydrogen) atoms. The maximum Gasteiger partial charge on any atom is 0.252 e. The van der Waals surface area contributed by atoms with Gasteiger partial charge >= 0.3 is 0 Å². The van der Waals surface area contributed by atoms with Gasteiger partial charge in [-0.15, -0.1) is 0 Å². The number of aryl methyl sites for hydroxylation is 2. The van der Waals surface area contributed by atoms with E-state index < -0.39 is 0 Å². The number of nitrogens with zero attached hydrogens (tertiary/aromatic N) is 3. The second-order valence-corrected chi connectivity index (χ2v) is 6.52. The third-order valence-corrected chi connectivity index (χ3v) is 4.81. The predicted molar refractivity (Wildman–Crippen MR) is 98.7 cm³/mol. The summed E-state index contributed by atoms with van der Waals surface area (Å²) < 4.78 is 20.5. The van der Waals surface area contributed by atoms with Crippen molar-refractivity contribution in [3.63, 3.8) is 0 Å². The fourth-order valence-corrected chi connectivity index (χ4v) is 3.44. The number of hydrogen-bond donors (Lipinski definition) is 1. The Morgan fingerprint density at radius 1 is 1.30 bits per heavy atom. The molecule has 7 heteroatoms. The maximum atomic E-state index is 13.3. The van der Waals surface area contributed by atoms with Crippen LogP contribution in [0, 0.1) is 12.7 Å². The average molecular weight is 366 g/mol. The van der Waals surface area contributed by atoms with E-state index in [9.17, 15) is 9.18 Å². The summed E-state index contributed by atoms with van der Waals surface area (Å²) >= 11 is 0. The first-order valence-electron chi connectivity index (χ1n) is 8.71. The fourth-order valence-electron chi connectivity index (χ4n) is 3.44. The molecule has 1 aliphatic rings. The highest BCUT2D eigenvalue weighted by atomic mass is 19.1. The number of nitrogens with one attached hydrogen (secondary N) is 1. The molecule has 1 aromatic carbocycles. The number of H-pyrrole nitrogens is 1. The first-order chi connectivity index (χ1) is 13.0. The van der Waals surface area contributed by atoms with Crippen molar-refractivity contribution in [2.24, 2.45) is 4.99 Å². The van der Waals surface area contributed by atoms with E-state index >= 15 is 0 Å². The first kappa shape index (κ1) is 17.2. The normalized spacial score (nSPS) is 16.4. The number of ether oxygens (including phenoxy) is 1. The monoisotopic (exact) mass is 366 g/mol. The van der Waals surface area contributed by atoms with Crippen LogP contribution in [0.2, 0.25) is 0 Å². The first-order valence-corrected chi connectivity index (χ1v) is 8.71. The van der Waals surface area contributed by atoms with Crippen LogP contribution in [0.25, 0.3) is 0 Å². The highest BCUT2D eigenvalue weighted by Gasteiger charge is 2.24. The van der Waals surface area contributed by atoms with Crippen LogP contribution >= 0.6 is 0 Å². The Morgan fingerprint density at radius 3 is 2.81 bits per heavy atom. The largest absolute Gasteiger partial charge is 0.495 e. The lowest BCUT2D eigenvalue weighted by Gasteiger charge is -2.16. The van der Waals surface area contributed by atoms with Crippen LogP contribution in [0.3, 0.4) is 0 Å². The number of rotatable bonds is 3. The molecule has 0 aliphatic carbocycles. The summed E-state index contributed by atoms with van der Waals surface area (Å²) in [5, 5.41) is 0. The summed E-state index contributed by atoms with van der Waals surface area (Å²) in [5.41, 5.74) is 3.47. The van der Waals surface area contributed by atoms with Crippen molar-refractivity contribution >= 4 is 5.69 Å². The Labute approximate surface area is 155 Å². The minimum Gasteiger partial charge on any atom is -0.495 e. The van der Waals surface area contributed by atoms with E-state index in [-0.39, 0.29) is 17.4 Å². The highest BCUT2D eigenvalue weighted by molar-refractivity contribution is 5.45. The van der Waals surface area contributed by atoms with Crippen molar-refractivity contribution in [1.82, 2.24) is 14.5 Å². The minimum atomic E-state index is -0.272. The Balaban J connectivity index is 1.91. The smallest absolute Gasteiger partial charge is 0.252 e. The fraction of sp³-hybridized carbons (Fsp3) is 0.250. The zero-order valence-corrected chi connectivity index (χ0v) is 15.1. The molecule has 1 N–H and O–H groups in total. The molecule has 0 bridgehead atoms. The second-order valence-electron chi connectivity index (χ2n) is 6.52. The number of fused-ring (bicyclic) bond motifs is 1. The van der Waals surface area contributed by atoms with E-state index in [1.165, 1.54) is 12.1 Å². The second kappa shape index (κ2) is 6.83. The summed E-state index contributed by atoms with van der Waals surface area (Å²) in [4.78, 5) is 23.9. The molecule has 4 rings (SSSR count). The summed E-state index contributed by atoms with van der Waals surface area (Å²) in [5.74, 6) is 0.320. The van der Waals surface area contributed by atoms with Crippen LogP contribution in [0.4, 0.5) is 10.1 Å². The van der Waals surface area contributed by atoms with E-state index in [4.69, 9.17) is 4.74 Å². The molecule has 0 amide bonds. The Morgan fingerprint density at radius 2 is 2.07 bits per heavy atom.